The lowest BCUT2D eigenvalue weighted by atomic mass is 9.77. The second-order valence-corrected chi connectivity index (χ2v) is 8.58. The molecule has 1 aliphatic heterocycles. The van der Waals surface area contributed by atoms with Crippen molar-refractivity contribution in [1.29, 1.82) is 0 Å². The summed E-state index contributed by atoms with van der Waals surface area (Å²) in [7, 11) is 0. The van der Waals surface area contributed by atoms with E-state index in [0.717, 1.165) is 30.5 Å². The van der Waals surface area contributed by atoms with E-state index in [1.165, 1.54) is 12.1 Å². The lowest BCUT2D eigenvalue weighted by Gasteiger charge is -2.46. The van der Waals surface area contributed by atoms with Crippen molar-refractivity contribution in [2.24, 2.45) is 0 Å². The van der Waals surface area contributed by atoms with E-state index in [-0.39, 0.29) is 11.9 Å². The highest BCUT2D eigenvalue weighted by Gasteiger charge is 2.39. The quantitative estimate of drug-likeness (QED) is 0.800. The van der Waals surface area contributed by atoms with Gasteiger partial charge in [0.2, 0.25) is 0 Å². The molecule has 1 atom stereocenters. The van der Waals surface area contributed by atoms with Crippen molar-refractivity contribution in [2.75, 3.05) is 19.6 Å². The second-order valence-electron chi connectivity index (χ2n) is 8.58. The highest BCUT2D eigenvalue weighted by molar-refractivity contribution is 5.65. The predicted octanol–water partition coefficient (Wildman–Crippen LogP) is 3.86. The molecule has 0 bridgehead atoms. The summed E-state index contributed by atoms with van der Waals surface area (Å²) in [4.78, 5) is 15.7. The summed E-state index contributed by atoms with van der Waals surface area (Å²) in [6.07, 6.45) is 2.80. The fourth-order valence-electron chi connectivity index (χ4n) is 5.02. The Hall–Kier alpha value is -2.44. The number of carbonyl (C=O) groups is 1. The molecule has 0 aromatic heterocycles. The van der Waals surface area contributed by atoms with Gasteiger partial charge in [0.25, 0.3) is 0 Å². The van der Waals surface area contributed by atoms with E-state index in [2.05, 4.69) is 4.90 Å². The van der Waals surface area contributed by atoms with Gasteiger partial charge in [-0.25, -0.2) is 9.18 Å². The number of hydrogen-bond acceptors (Lipinski definition) is 3. The molecule has 1 aliphatic carbocycles. The smallest absolute Gasteiger partial charge is 0.407 e. The van der Waals surface area contributed by atoms with E-state index < -0.39 is 11.7 Å². The molecule has 0 spiro atoms. The molecular weight excluding hydrogens is 383 g/mol. The first-order valence-corrected chi connectivity index (χ1v) is 10.7. The van der Waals surface area contributed by atoms with Crippen LogP contribution in [0.1, 0.15) is 36.8 Å². The fraction of sp³-hybridized carbons (Fsp3) is 0.458. The van der Waals surface area contributed by atoms with Gasteiger partial charge in [0, 0.05) is 25.7 Å². The van der Waals surface area contributed by atoms with Crippen LogP contribution in [0.2, 0.25) is 0 Å². The number of carboxylic acid groups (broad SMARTS) is 1. The third kappa shape index (κ3) is 4.50. The van der Waals surface area contributed by atoms with Crippen LogP contribution < -0.4 is 0 Å². The third-order valence-electron chi connectivity index (χ3n) is 6.75. The second kappa shape index (κ2) is 8.74. The molecule has 1 saturated carbocycles. The number of amides is 1. The van der Waals surface area contributed by atoms with Crippen LogP contribution in [0.5, 0.6) is 0 Å². The highest BCUT2D eigenvalue weighted by atomic mass is 19.1. The van der Waals surface area contributed by atoms with Gasteiger partial charge in [-0.2, -0.15) is 0 Å². The van der Waals surface area contributed by atoms with Gasteiger partial charge in [-0.15, -0.1) is 0 Å². The molecule has 2 aromatic rings. The fourth-order valence-corrected chi connectivity index (χ4v) is 5.02. The maximum atomic E-state index is 13.2. The van der Waals surface area contributed by atoms with Crippen molar-refractivity contribution >= 4 is 6.09 Å². The standard InChI is InChI=1S/C24H29FN2O3/c25-20-8-6-19(7-9-20)24(30)12-10-21(11-13-24)26-14-15-27(23(28)29)22(17-26)16-18-4-2-1-3-5-18/h1-9,21-22,30H,10-17H2,(H,28,29). The van der Waals surface area contributed by atoms with Gasteiger partial charge in [0.15, 0.2) is 0 Å². The van der Waals surface area contributed by atoms with Crippen LogP contribution in [0.25, 0.3) is 0 Å². The number of piperazine rings is 1. The maximum absolute atomic E-state index is 13.2. The lowest BCUT2D eigenvalue weighted by Crippen LogP contribution is -2.58. The molecular formula is C24H29FN2O3. The molecule has 30 heavy (non-hydrogen) atoms. The van der Waals surface area contributed by atoms with E-state index in [9.17, 15) is 19.4 Å². The van der Waals surface area contributed by atoms with Crippen molar-refractivity contribution in [3.63, 3.8) is 0 Å². The zero-order valence-electron chi connectivity index (χ0n) is 17.1. The van der Waals surface area contributed by atoms with E-state index in [4.69, 9.17) is 0 Å². The Labute approximate surface area is 176 Å². The van der Waals surface area contributed by atoms with Crippen LogP contribution in [0.15, 0.2) is 54.6 Å². The van der Waals surface area contributed by atoms with Gasteiger partial charge in [-0.05, 0) is 55.4 Å². The third-order valence-corrected chi connectivity index (χ3v) is 6.75. The van der Waals surface area contributed by atoms with E-state index in [1.54, 1.807) is 17.0 Å². The van der Waals surface area contributed by atoms with Gasteiger partial charge < -0.3 is 15.1 Å². The van der Waals surface area contributed by atoms with Crippen LogP contribution in [0, 0.1) is 5.82 Å². The molecule has 2 fully saturated rings. The molecule has 1 heterocycles. The molecule has 2 aromatic carbocycles. The number of benzene rings is 2. The molecule has 2 N–H and O–H groups in total. The largest absolute Gasteiger partial charge is 0.465 e. The van der Waals surface area contributed by atoms with Crippen molar-refractivity contribution in [3.8, 4) is 0 Å². The minimum Gasteiger partial charge on any atom is -0.465 e. The summed E-state index contributed by atoms with van der Waals surface area (Å²) in [5.74, 6) is -0.295. The first kappa shape index (κ1) is 20.8. The molecule has 1 unspecified atom stereocenters. The molecule has 160 valence electrons. The SMILES string of the molecule is O=C(O)N1CCN(C2CCC(O)(c3ccc(F)cc3)CC2)CC1Cc1ccccc1. The minimum absolute atomic E-state index is 0.0726. The Morgan fingerprint density at radius 2 is 1.70 bits per heavy atom. The van der Waals surface area contributed by atoms with Crippen LogP contribution >= 0.6 is 0 Å². The number of nitrogens with zero attached hydrogens (tertiary/aromatic N) is 2. The molecule has 2 aliphatic rings. The topological polar surface area (TPSA) is 64.0 Å². The number of aliphatic hydroxyl groups is 1. The van der Waals surface area contributed by atoms with Crippen LogP contribution in [0.4, 0.5) is 9.18 Å². The Bertz CT molecular complexity index is 851. The van der Waals surface area contributed by atoms with Crippen LogP contribution in [-0.4, -0.2) is 57.8 Å². The summed E-state index contributed by atoms with van der Waals surface area (Å²) in [6.45, 7) is 1.93. The molecule has 5 nitrogen and oxygen atoms in total. The average Bonchev–Trinajstić information content (AvgIpc) is 2.75. The number of hydrogen-bond donors (Lipinski definition) is 2. The zero-order chi connectivity index (χ0) is 21.1. The first-order valence-electron chi connectivity index (χ1n) is 10.7. The van der Waals surface area contributed by atoms with Crippen LogP contribution in [-0.2, 0) is 12.0 Å². The Morgan fingerprint density at radius 3 is 2.33 bits per heavy atom. The summed E-state index contributed by atoms with van der Waals surface area (Å²) < 4.78 is 13.2. The van der Waals surface area contributed by atoms with E-state index >= 15 is 0 Å². The molecule has 0 radical (unpaired) electrons. The van der Waals surface area contributed by atoms with Crippen molar-refractivity contribution in [3.05, 3.63) is 71.5 Å². The highest BCUT2D eigenvalue weighted by Crippen LogP contribution is 2.39. The average molecular weight is 413 g/mol. The van der Waals surface area contributed by atoms with Gasteiger partial charge in [0.05, 0.1) is 11.6 Å². The Balaban J connectivity index is 1.41. The lowest BCUT2D eigenvalue weighted by molar-refractivity contribution is -0.0362. The summed E-state index contributed by atoms with van der Waals surface area (Å²) in [6, 6.07) is 16.4. The predicted molar refractivity (Wildman–Crippen MR) is 113 cm³/mol. The van der Waals surface area contributed by atoms with Crippen molar-refractivity contribution in [1.82, 2.24) is 9.80 Å². The Kier molecular flexibility index (Phi) is 6.06. The number of rotatable bonds is 4. The van der Waals surface area contributed by atoms with Crippen LogP contribution in [0.3, 0.4) is 0 Å². The minimum atomic E-state index is -0.906. The molecule has 1 amide bonds. The summed E-state index contributed by atoms with van der Waals surface area (Å²) >= 11 is 0. The molecule has 4 rings (SSSR count). The number of halogens is 1. The normalized spacial score (nSPS) is 27.7. The maximum Gasteiger partial charge on any atom is 0.407 e. The Morgan fingerprint density at radius 1 is 1.03 bits per heavy atom. The van der Waals surface area contributed by atoms with E-state index in [0.29, 0.717) is 38.4 Å². The summed E-state index contributed by atoms with van der Waals surface area (Å²) in [5.41, 5.74) is 1.02. The summed E-state index contributed by atoms with van der Waals surface area (Å²) in [5, 5.41) is 20.7. The van der Waals surface area contributed by atoms with Crippen molar-refractivity contribution in [2.45, 2.75) is 49.8 Å². The van der Waals surface area contributed by atoms with Gasteiger partial charge in [0.1, 0.15) is 5.82 Å². The molecule has 6 heteroatoms. The van der Waals surface area contributed by atoms with Gasteiger partial charge in [-0.3, -0.25) is 4.90 Å². The van der Waals surface area contributed by atoms with Crippen molar-refractivity contribution < 1.29 is 19.4 Å². The zero-order valence-corrected chi connectivity index (χ0v) is 17.1. The van der Waals surface area contributed by atoms with Gasteiger partial charge in [-0.1, -0.05) is 42.5 Å². The first-order chi connectivity index (χ1) is 14.4. The van der Waals surface area contributed by atoms with E-state index in [1.807, 2.05) is 30.3 Å². The monoisotopic (exact) mass is 412 g/mol. The van der Waals surface area contributed by atoms with Gasteiger partial charge >= 0.3 is 6.09 Å². The molecule has 1 saturated heterocycles.